The van der Waals surface area contributed by atoms with E-state index in [-0.39, 0.29) is 5.91 Å². The molecule has 0 aliphatic rings. The average molecular weight is 359 g/mol. The number of carbonyl (C=O) groups is 1. The van der Waals surface area contributed by atoms with Crippen molar-refractivity contribution in [1.29, 1.82) is 0 Å². The maximum absolute atomic E-state index is 11.6. The number of aliphatic imine (C=N–C) groups is 1. The van der Waals surface area contributed by atoms with Gasteiger partial charge in [0.15, 0.2) is 5.96 Å². The Morgan fingerprint density at radius 2 is 2.00 bits per heavy atom. The van der Waals surface area contributed by atoms with Crippen LogP contribution in [0.25, 0.3) is 0 Å². The van der Waals surface area contributed by atoms with Gasteiger partial charge in [0, 0.05) is 37.6 Å². The predicted molar refractivity (Wildman–Crippen MR) is 105 cm³/mol. The predicted octanol–water partition coefficient (Wildman–Crippen LogP) is 2.75. The van der Waals surface area contributed by atoms with Gasteiger partial charge in [-0.15, -0.1) is 11.3 Å². The monoisotopic (exact) mass is 358 g/mol. The van der Waals surface area contributed by atoms with Crippen molar-refractivity contribution in [1.82, 2.24) is 15.5 Å². The van der Waals surface area contributed by atoms with E-state index in [1.54, 1.807) is 18.4 Å². The first-order chi connectivity index (χ1) is 12.1. The molecule has 0 saturated carbocycles. The molecule has 0 saturated heterocycles. The van der Waals surface area contributed by atoms with E-state index in [1.807, 2.05) is 24.3 Å². The molecule has 0 spiro atoms. The van der Waals surface area contributed by atoms with Crippen LogP contribution in [0.15, 0.2) is 46.8 Å². The smallest absolute Gasteiger partial charge is 0.251 e. The number of benzene rings is 1. The average Bonchev–Trinajstić information content (AvgIpc) is 3.16. The Hall–Kier alpha value is -2.34. The van der Waals surface area contributed by atoms with Gasteiger partial charge >= 0.3 is 0 Å². The quantitative estimate of drug-likeness (QED) is 0.591. The van der Waals surface area contributed by atoms with Crippen LogP contribution in [0, 0.1) is 0 Å². The summed E-state index contributed by atoms with van der Waals surface area (Å²) >= 11 is 1.79. The number of guanidine groups is 1. The van der Waals surface area contributed by atoms with Gasteiger partial charge in [0.2, 0.25) is 0 Å². The Morgan fingerprint density at radius 1 is 1.24 bits per heavy atom. The lowest BCUT2D eigenvalue weighted by atomic mass is 10.1. The Labute approximate surface area is 153 Å². The third-order valence-corrected chi connectivity index (χ3v) is 4.76. The van der Waals surface area contributed by atoms with Crippen LogP contribution in [-0.4, -0.2) is 44.0 Å². The SMILES string of the molecule is CCNC(=NCc1ccc(C(=O)NC)cc1)N(C)CCc1cccs1. The number of hydrogen-bond donors (Lipinski definition) is 2. The Kier molecular flexibility index (Phi) is 7.47. The summed E-state index contributed by atoms with van der Waals surface area (Å²) in [5.74, 6) is 0.825. The zero-order valence-corrected chi connectivity index (χ0v) is 15.9. The summed E-state index contributed by atoms with van der Waals surface area (Å²) < 4.78 is 0. The minimum atomic E-state index is -0.0725. The first-order valence-corrected chi connectivity index (χ1v) is 9.34. The normalized spacial score (nSPS) is 11.2. The lowest BCUT2D eigenvalue weighted by Gasteiger charge is -2.21. The lowest BCUT2D eigenvalue weighted by molar-refractivity contribution is 0.0963. The second-order valence-corrected chi connectivity index (χ2v) is 6.73. The molecule has 0 fully saturated rings. The van der Waals surface area contributed by atoms with Crippen molar-refractivity contribution in [2.24, 2.45) is 4.99 Å². The van der Waals surface area contributed by atoms with E-state index in [4.69, 9.17) is 4.99 Å². The van der Waals surface area contributed by atoms with Gasteiger partial charge in [-0.3, -0.25) is 4.79 Å². The maximum Gasteiger partial charge on any atom is 0.251 e. The zero-order valence-electron chi connectivity index (χ0n) is 15.1. The van der Waals surface area contributed by atoms with E-state index in [0.717, 1.165) is 31.0 Å². The van der Waals surface area contributed by atoms with Crippen molar-refractivity contribution < 1.29 is 4.79 Å². The molecule has 0 unspecified atom stereocenters. The van der Waals surface area contributed by atoms with Crippen LogP contribution in [0.5, 0.6) is 0 Å². The molecule has 1 heterocycles. The molecule has 0 radical (unpaired) electrons. The van der Waals surface area contributed by atoms with Gasteiger partial charge in [-0.1, -0.05) is 18.2 Å². The van der Waals surface area contributed by atoms with Crippen LogP contribution in [0.2, 0.25) is 0 Å². The van der Waals surface area contributed by atoms with Crippen LogP contribution in [0.4, 0.5) is 0 Å². The van der Waals surface area contributed by atoms with Crippen molar-refractivity contribution in [3.05, 3.63) is 57.8 Å². The van der Waals surface area contributed by atoms with Crippen LogP contribution in [0.3, 0.4) is 0 Å². The number of thiophene rings is 1. The van der Waals surface area contributed by atoms with E-state index in [2.05, 4.69) is 47.0 Å². The van der Waals surface area contributed by atoms with Crippen LogP contribution in [-0.2, 0) is 13.0 Å². The van der Waals surface area contributed by atoms with E-state index in [9.17, 15) is 4.79 Å². The number of nitrogens with one attached hydrogen (secondary N) is 2. The minimum absolute atomic E-state index is 0.0725. The van der Waals surface area contributed by atoms with Gasteiger partial charge in [0.1, 0.15) is 0 Å². The first-order valence-electron chi connectivity index (χ1n) is 8.47. The topological polar surface area (TPSA) is 56.7 Å². The Bertz CT molecular complexity index is 680. The van der Waals surface area contributed by atoms with Gasteiger partial charge in [-0.25, -0.2) is 4.99 Å². The van der Waals surface area contributed by atoms with Crippen LogP contribution >= 0.6 is 11.3 Å². The lowest BCUT2D eigenvalue weighted by Crippen LogP contribution is -2.39. The molecule has 2 rings (SSSR count). The van der Waals surface area contributed by atoms with Gasteiger partial charge in [-0.05, 0) is 42.5 Å². The van der Waals surface area contributed by atoms with Crippen molar-refractivity contribution in [3.8, 4) is 0 Å². The molecular weight excluding hydrogens is 332 g/mol. The van der Waals surface area contributed by atoms with Gasteiger partial charge < -0.3 is 15.5 Å². The van der Waals surface area contributed by atoms with Gasteiger partial charge in [-0.2, -0.15) is 0 Å². The summed E-state index contributed by atoms with van der Waals surface area (Å²) in [6, 6.07) is 11.8. The molecule has 0 bridgehead atoms. The summed E-state index contributed by atoms with van der Waals surface area (Å²) in [5.41, 5.74) is 1.74. The Balaban J connectivity index is 1.96. The van der Waals surface area contributed by atoms with Crippen molar-refractivity contribution in [2.75, 3.05) is 27.2 Å². The summed E-state index contributed by atoms with van der Waals surface area (Å²) in [4.78, 5) is 19.8. The molecule has 2 aromatic rings. The molecule has 1 aromatic heterocycles. The van der Waals surface area contributed by atoms with Gasteiger partial charge in [0.05, 0.1) is 6.54 Å². The molecule has 2 N–H and O–H groups in total. The molecule has 0 atom stereocenters. The number of nitrogens with zero attached hydrogens (tertiary/aromatic N) is 2. The number of likely N-dealkylation sites (N-methyl/N-ethyl adjacent to an activating group) is 1. The highest BCUT2D eigenvalue weighted by Crippen LogP contribution is 2.10. The van der Waals surface area contributed by atoms with E-state index in [0.29, 0.717) is 12.1 Å². The standard InChI is InChI=1S/C19H26N4OS/c1-4-21-19(23(3)12-11-17-6-5-13-25-17)22-14-15-7-9-16(10-8-15)18(24)20-2/h5-10,13H,4,11-12,14H2,1-3H3,(H,20,24)(H,21,22). The summed E-state index contributed by atoms with van der Waals surface area (Å²) in [6.07, 6.45) is 1.01. The van der Waals surface area contributed by atoms with Gasteiger partial charge in [0.25, 0.3) is 5.91 Å². The first kappa shape index (κ1) is 19.0. The third-order valence-electron chi connectivity index (χ3n) is 3.82. The molecule has 0 aliphatic heterocycles. The minimum Gasteiger partial charge on any atom is -0.357 e. The molecule has 0 aliphatic carbocycles. The molecule has 1 amide bonds. The summed E-state index contributed by atoms with van der Waals surface area (Å²) in [6.45, 7) is 4.40. The van der Waals surface area contributed by atoms with E-state index < -0.39 is 0 Å². The molecule has 5 nitrogen and oxygen atoms in total. The largest absolute Gasteiger partial charge is 0.357 e. The second kappa shape index (κ2) is 9.84. The highest BCUT2D eigenvalue weighted by atomic mass is 32.1. The van der Waals surface area contributed by atoms with Crippen molar-refractivity contribution in [3.63, 3.8) is 0 Å². The van der Waals surface area contributed by atoms with E-state index in [1.165, 1.54) is 4.88 Å². The van der Waals surface area contributed by atoms with Crippen LogP contribution < -0.4 is 10.6 Å². The second-order valence-electron chi connectivity index (χ2n) is 5.70. The molecular formula is C19H26N4OS. The highest BCUT2D eigenvalue weighted by Gasteiger charge is 2.07. The van der Waals surface area contributed by atoms with E-state index >= 15 is 0 Å². The van der Waals surface area contributed by atoms with Crippen LogP contribution in [0.1, 0.15) is 27.7 Å². The number of rotatable bonds is 7. The number of hydrogen-bond acceptors (Lipinski definition) is 3. The molecule has 25 heavy (non-hydrogen) atoms. The molecule has 1 aromatic carbocycles. The fourth-order valence-electron chi connectivity index (χ4n) is 2.38. The maximum atomic E-state index is 11.6. The van der Waals surface area contributed by atoms with Crippen molar-refractivity contribution in [2.45, 2.75) is 19.9 Å². The fraction of sp³-hybridized carbons (Fsp3) is 0.368. The zero-order chi connectivity index (χ0) is 18.1. The number of carbonyl (C=O) groups excluding carboxylic acids is 1. The third kappa shape index (κ3) is 5.90. The Morgan fingerprint density at radius 3 is 2.60 bits per heavy atom. The fourth-order valence-corrected chi connectivity index (χ4v) is 3.08. The number of amides is 1. The molecule has 6 heteroatoms. The highest BCUT2D eigenvalue weighted by molar-refractivity contribution is 7.09. The molecule has 134 valence electrons. The van der Waals surface area contributed by atoms with Crippen molar-refractivity contribution >= 4 is 23.2 Å². The summed E-state index contributed by atoms with van der Waals surface area (Å²) in [7, 11) is 3.69. The summed E-state index contributed by atoms with van der Waals surface area (Å²) in [5, 5.41) is 8.07.